The Morgan fingerprint density at radius 3 is 2.62 bits per heavy atom. The minimum atomic E-state index is -0.403. The van der Waals surface area contributed by atoms with Crippen molar-refractivity contribution in [1.82, 2.24) is 9.78 Å². The summed E-state index contributed by atoms with van der Waals surface area (Å²) in [5.41, 5.74) is 1.74. The van der Waals surface area contributed by atoms with Crippen LogP contribution in [0, 0.1) is 24.1 Å². The van der Waals surface area contributed by atoms with Crippen molar-refractivity contribution in [2.75, 3.05) is 18.5 Å². The van der Waals surface area contributed by atoms with Gasteiger partial charge < -0.3 is 14.8 Å². The SMILES string of the molecule is CCOc1cc(C#N)ccc1OCC(=O)Nc1cc(C)nn1-c1ccc(F)cc1. The standard InChI is InChI=1S/C21H19FN4O3/c1-3-28-19-11-15(12-23)4-9-18(19)29-13-21(27)24-20-10-14(2)25-26(20)17-7-5-16(22)6-8-17/h4-11H,3,13H2,1-2H3,(H,24,27). The third-order valence-corrected chi connectivity index (χ3v) is 3.90. The number of nitrogens with zero attached hydrogens (tertiary/aromatic N) is 3. The molecule has 3 rings (SSSR count). The molecule has 0 aliphatic carbocycles. The van der Waals surface area contributed by atoms with Crippen LogP contribution in [0.1, 0.15) is 18.2 Å². The number of carbonyl (C=O) groups excluding carboxylic acids is 1. The Hall–Kier alpha value is -3.86. The van der Waals surface area contributed by atoms with E-state index in [0.29, 0.717) is 40.9 Å². The first-order chi connectivity index (χ1) is 14.0. The maximum atomic E-state index is 13.2. The molecule has 0 spiro atoms. The van der Waals surface area contributed by atoms with Crippen molar-refractivity contribution in [3.8, 4) is 23.3 Å². The Bertz CT molecular complexity index is 1050. The normalized spacial score (nSPS) is 10.3. The Morgan fingerprint density at radius 1 is 1.17 bits per heavy atom. The molecule has 7 nitrogen and oxygen atoms in total. The summed E-state index contributed by atoms with van der Waals surface area (Å²) in [6.45, 7) is 3.74. The van der Waals surface area contributed by atoms with E-state index >= 15 is 0 Å². The highest BCUT2D eigenvalue weighted by Gasteiger charge is 2.13. The highest BCUT2D eigenvalue weighted by atomic mass is 19.1. The molecule has 0 bridgehead atoms. The molecule has 0 atom stereocenters. The Balaban J connectivity index is 1.71. The number of benzene rings is 2. The lowest BCUT2D eigenvalue weighted by molar-refractivity contribution is -0.118. The Morgan fingerprint density at radius 2 is 1.93 bits per heavy atom. The van der Waals surface area contributed by atoms with E-state index in [9.17, 15) is 9.18 Å². The van der Waals surface area contributed by atoms with Gasteiger partial charge >= 0.3 is 0 Å². The number of nitriles is 1. The summed E-state index contributed by atoms with van der Waals surface area (Å²) in [6.07, 6.45) is 0. The second-order valence-electron chi connectivity index (χ2n) is 6.10. The molecular weight excluding hydrogens is 375 g/mol. The molecular formula is C21H19FN4O3. The number of aromatic nitrogens is 2. The van der Waals surface area contributed by atoms with Crippen molar-refractivity contribution in [2.45, 2.75) is 13.8 Å². The molecule has 148 valence electrons. The van der Waals surface area contributed by atoms with E-state index in [2.05, 4.69) is 10.4 Å². The number of hydrogen-bond acceptors (Lipinski definition) is 5. The van der Waals surface area contributed by atoms with E-state index in [4.69, 9.17) is 14.7 Å². The number of hydrogen-bond donors (Lipinski definition) is 1. The number of anilines is 1. The van der Waals surface area contributed by atoms with Crippen LogP contribution in [-0.2, 0) is 4.79 Å². The molecule has 0 radical (unpaired) electrons. The summed E-state index contributed by atoms with van der Waals surface area (Å²) >= 11 is 0. The molecule has 1 N–H and O–H groups in total. The van der Waals surface area contributed by atoms with Gasteiger partial charge in [-0.1, -0.05) is 0 Å². The van der Waals surface area contributed by atoms with E-state index in [1.807, 2.05) is 13.0 Å². The molecule has 8 heteroatoms. The maximum Gasteiger partial charge on any atom is 0.263 e. The van der Waals surface area contributed by atoms with E-state index in [1.54, 1.807) is 43.3 Å². The van der Waals surface area contributed by atoms with Crippen LogP contribution < -0.4 is 14.8 Å². The molecule has 29 heavy (non-hydrogen) atoms. The monoisotopic (exact) mass is 394 g/mol. The fourth-order valence-corrected chi connectivity index (χ4v) is 2.66. The van der Waals surface area contributed by atoms with Crippen LogP contribution in [0.2, 0.25) is 0 Å². The second-order valence-corrected chi connectivity index (χ2v) is 6.10. The van der Waals surface area contributed by atoms with Crippen LogP contribution in [0.5, 0.6) is 11.5 Å². The Labute approximate surface area is 167 Å². The molecule has 1 amide bonds. The number of halogens is 1. The number of nitrogens with one attached hydrogen (secondary N) is 1. The molecule has 0 saturated carbocycles. The largest absolute Gasteiger partial charge is 0.490 e. The van der Waals surface area contributed by atoms with Gasteiger partial charge in [0.25, 0.3) is 5.91 Å². The second kappa shape index (κ2) is 8.89. The van der Waals surface area contributed by atoms with E-state index in [1.165, 1.54) is 16.8 Å². The Kier molecular flexibility index (Phi) is 6.09. The van der Waals surface area contributed by atoms with Gasteiger partial charge in [0.15, 0.2) is 18.1 Å². The molecule has 3 aromatic rings. The fourth-order valence-electron chi connectivity index (χ4n) is 2.66. The zero-order valence-electron chi connectivity index (χ0n) is 16.0. The minimum Gasteiger partial charge on any atom is -0.490 e. The third kappa shape index (κ3) is 4.90. The molecule has 1 heterocycles. The van der Waals surface area contributed by atoms with Crippen molar-refractivity contribution in [2.24, 2.45) is 0 Å². The van der Waals surface area contributed by atoms with Crippen LogP contribution in [0.3, 0.4) is 0 Å². The molecule has 2 aromatic carbocycles. The van der Waals surface area contributed by atoms with E-state index < -0.39 is 5.91 Å². The number of rotatable bonds is 7. The topological polar surface area (TPSA) is 89.2 Å². The third-order valence-electron chi connectivity index (χ3n) is 3.90. The van der Waals surface area contributed by atoms with Crippen LogP contribution in [0.15, 0.2) is 48.5 Å². The summed E-state index contributed by atoms with van der Waals surface area (Å²) in [5.74, 6) is 0.438. The van der Waals surface area contributed by atoms with Gasteiger partial charge in [0.2, 0.25) is 0 Å². The quantitative estimate of drug-likeness (QED) is 0.661. The zero-order chi connectivity index (χ0) is 20.8. The van der Waals surface area contributed by atoms with Crippen molar-refractivity contribution in [3.63, 3.8) is 0 Å². The number of amides is 1. The van der Waals surface area contributed by atoms with Gasteiger partial charge in [-0.25, -0.2) is 9.07 Å². The summed E-state index contributed by atoms with van der Waals surface area (Å²) in [5, 5.41) is 16.1. The lowest BCUT2D eigenvalue weighted by atomic mass is 10.2. The van der Waals surface area contributed by atoms with E-state index in [0.717, 1.165) is 0 Å². The maximum absolute atomic E-state index is 13.2. The summed E-state index contributed by atoms with van der Waals surface area (Å²) in [6, 6.07) is 14.2. The smallest absolute Gasteiger partial charge is 0.263 e. The van der Waals surface area contributed by atoms with Crippen LogP contribution >= 0.6 is 0 Å². The molecule has 0 unspecified atom stereocenters. The van der Waals surface area contributed by atoms with E-state index in [-0.39, 0.29) is 12.4 Å². The van der Waals surface area contributed by atoms with Crippen LogP contribution in [0.25, 0.3) is 5.69 Å². The first-order valence-corrected chi connectivity index (χ1v) is 8.92. The van der Waals surface area contributed by atoms with Crippen molar-refractivity contribution in [1.29, 1.82) is 5.26 Å². The van der Waals surface area contributed by atoms with Crippen molar-refractivity contribution >= 4 is 11.7 Å². The van der Waals surface area contributed by atoms with Gasteiger partial charge in [0, 0.05) is 12.1 Å². The fraction of sp³-hybridized carbons (Fsp3) is 0.190. The molecule has 0 saturated heterocycles. The first-order valence-electron chi connectivity index (χ1n) is 8.92. The summed E-state index contributed by atoms with van der Waals surface area (Å²) in [4.78, 5) is 12.4. The number of ether oxygens (including phenoxy) is 2. The van der Waals surface area contributed by atoms with Gasteiger partial charge in [0.1, 0.15) is 11.6 Å². The van der Waals surface area contributed by atoms with Gasteiger partial charge in [-0.3, -0.25) is 4.79 Å². The number of carbonyl (C=O) groups is 1. The number of aryl methyl sites for hydroxylation is 1. The lowest BCUT2D eigenvalue weighted by Crippen LogP contribution is -2.22. The first kappa shape index (κ1) is 19.9. The summed E-state index contributed by atoms with van der Waals surface area (Å²) in [7, 11) is 0. The predicted molar refractivity (Wildman–Crippen MR) is 105 cm³/mol. The highest BCUT2D eigenvalue weighted by Crippen LogP contribution is 2.28. The van der Waals surface area contributed by atoms with Crippen molar-refractivity contribution < 1.29 is 18.7 Å². The van der Waals surface area contributed by atoms with Gasteiger partial charge in [-0.05, 0) is 50.2 Å². The average molecular weight is 394 g/mol. The minimum absolute atomic E-state index is 0.264. The van der Waals surface area contributed by atoms with Crippen LogP contribution in [0.4, 0.5) is 10.2 Å². The lowest BCUT2D eigenvalue weighted by Gasteiger charge is -2.13. The summed E-state index contributed by atoms with van der Waals surface area (Å²) < 4.78 is 25.7. The molecule has 0 fully saturated rings. The molecule has 0 aliphatic heterocycles. The highest BCUT2D eigenvalue weighted by molar-refractivity contribution is 5.91. The molecule has 0 aliphatic rings. The van der Waals surface area contributed by atoms with Gasteiger partial charge in [0.05, 0.1) is 29.6 Å². The zero-order valence-corrected chi connectivity index (χ0v) is 16.0. The van der Waals surface area contributed by atoms with Crippen LogP contribution in [-0.4, -0.2) is 28.9 Å². The van der Waals surface area contributed by atoms with Gasteiger partial charge in [-0.2, -0.15) is 10.4 Å². The van der Waals surface area contributed by atoms with Crippen molar-refractivity contribution in [3.05, 3.63) is 65.6 Å². The average Bonchev–Trinajstić information content (AvgIpc) is 3.07. The predicted octanol–water partition coefficient (Wildman–Crippen LogP) is 3.61. The van der Waals surface area contributed by atoms with Gasteiger partial charge in [-0.15, -0.1) is 0 Å². The molecule has 1 aromatic heterocycles.